The highest BCUT2D eigenvalue weighted by molar-refractivity contribution is 5.66. The average Bonchev–Trinajstić information content (AvgIpc) is 2.48. The third kappa shape index (κ3) is 3.28. The van der Waals surface area contributed by atoms with Crippen LogP contribution < -0.4 is 20.1 Å². The second-order valence-corrected chi connectivity index (χ2v) is 4.01. The number of anilines is 3. The summed E-state index contributed by atoms with van der Waals surface area (Å²) in [4.78, 5) is 8.55. The fourth-order valence-electron chi connectivity index (χ4n) is 1.74. The number of nitrogens with zero attached hydrogens (tertiary/aromatic N) is 2. The molecule has 0 amide bonds. The predicted molar refractivity (Wildman–Crippen MR) is 79.0 cm³/mol. The van der Waals surface area contributed by atoms with Crippen molar-refractivity contribution in [1.29, 1.82) is 0 Å². The molecule has 0 unspecified atom stereocenters. The van der Waals surface area contributed by atoms with Gasteiger partial charge in [0.25, 0.3) is 0 Å². The fourth-order valence-corrected chi connectivity index (χ4v) is 1.74. The van der Waals surface area contributed by atoms with Crippen LogP contribution in [-0.2, 0) is 0 Å². The molecule has 0 saturated carbocycles. The number of hydrogen-bond donors (Lipinski definition) is 2. The lowest BCUT2D eigenvalue weighted by Gasteiger charge is -2.12. The first-order chi connectivity index (χ1) is 9.76. The third-order valence-corrected chi connectivity index (χ3v) is 2.66. The van der Waals surface area contributed by atoms with Gasteiger partial charge in [0.2, 0.25) is 0 Å². The Labute approximate surface area is 118 Å². The second-order valence-electron chi connectivity index (χ2n) is 4.01. The first kappa shape index (κ1) is 13.9. The SMILES string of the molecule is CCNc1cncc(Nc2cc(OC)ccc2OC)n1. The Hall–Kier alpha value is -2.50. The second kappa shape index (κ2) is 6.60. The Morgan fingerprint density at radius 3 is 2.60 bits per heavy atom. The highest BCUT2D eigenvalue weighted by Gasteiger charge is 2.06. The van der Waals surface area contributed by atoms with Crippen molar-refractivity contribution in [2.75, 3.05) is 31.4 Å². The normalized spacial score (nSPS) is 9.95. The van der Waals surface area contributed by atoms with E-state index in [0.717, 1.165) is 23.8 Å². The molecule has 106 valence electrons. The van der Waals surface area contributed by atoms with Gasteiger partial charge < -0.3 is 20.1 Å². The summed E-state index contributed by atoms with van der Waals surface area (Å²) in [6.07, 6.45) is 3.33. The maximum Gasteiger partial charge on any atom is 0.151 e. The van der Waals surface area contributed by atoms with Gasteiger partial charge in [-0.2, -0.15) is 0 Å². The van der Waals surface area contributed by atoms with Crippen LogP contribution in [0.4, 0.5) is 17.3 Å². The molecule has 2 rings (SSSR count). The van der Waals surface area contributed by atoms with Gasteiger partial charge in [0.05, 0.1) is 32.3 Å². The minimum absolute atomic E-state index is 0.634. The van der Waals surface area contributed by atoms with Gasteiger partial charge in [0.15, 0.2) is 5.82 Å². The number of nitrogens with one attached hydrogen (secondary N) is 2. The van der Waals surface area contributed by atoms with Crippen molar-refractivity contribution in [1.82, 2.24) is 9.97 Å². The average molecular weight is 274 g/mol. The van der Waals surface area contributed by atoms with E-state index in [1.807, 2.05) is 25.1 Å². The molecule has 0 radical (unpaired) electrons. The van der Waals surface area contributed by atoms with Crippen molar-refractivity contribution in [2.24, 2.45) is 0 Å². The van der Waals surface area contributed by atoms with E-state index in [9.17, 15) is 0 Å². The van der Waals surface area contributed by atoms with Crippen molar-refractivity contribution >= 4 is 17.3 Å². The monoisotopic (exact) mass is 274 g/mol. The van der Waals surface area contributed by atoms with Gasteiger partial charge >= 0.3 is 0 Å². The lowest BCUT2D eigenvalue weighted by atomic mass is 10.2. The largest absolute Gasteiger partial charge is 0.497 e. The van der Waals surface area contributed by atoms with E-state index in [0.29, 0.717) is 11.6 Å². The molecule has 1 heterocycles. The third-order valence-electron chi connectivity index (χ3n) is 2.66. The summed E-state index contributed by atoms with van der Waals surface area (Å²) in [5.41, 5.74) is 0.773. The first-order valence-electron chi connectivity index (χ1n) is 6.31. The van der Waals surface area contributed by atoms with E-state index in [1.165, 1.54) is 0 Å². The highest BCUT2D eigenvalue weighted by atomic mass is 16.5. The topological polar surface area (TPSA) is 68.3 Å². The number of aromatic nitrogens is 2. The van der Waals surface area contributed by atoms with E-state index in [1.54, 1.807) is 26.6 Å². The smallest absolute Gasteiger partial charge is 0.151 e. The van der Waals surface area contributed by atoms with Gasteiger partial charge in [0.1, 0.15) is 17.3 Å². The zero-order valence-electron chi connectivity index (χ0n) is 11.8. The van der Waals surface area contributed by atoms with Gasteiger partial charge in [0, 0.05) is 12.6 Å². The van der Waals surface area contributed by atoms with Gasteiger partial charge in [-0.05, 0) is 19.1 Å². The number of ether oxygens (including phenoxy) is 2. The van der Waals surface area contributed by atoms with Crippen LogP contribution in [0.25, 0.3) is 0 Å². The first-order valence-corrected chi connectivity index (χ1v) is 6.31. The van der Waals surface area contributed by atoms with E-state index in [2.05, 4.69) is 20.6 Å². The van der Waals surface area contributed by atoms with Crippen LogP contribution in [-0.4, -0.2) is 30.7 Å². The summed E-state index contributed by atoms with van der Waals surface area (Å²) < 4.78 is 10.5. The van der Waals surface area contributed by atoms with Crippen LogP contribution >= 0.6 is 0 Å². The highest BCUT2D eigenvalue weighted by Crippen LogP contribution is 2.30. The zero-order valence-corrected chi connectivity index (χ0v) is 11.8. The minimum atomic E-state index is 0.634. The summed E-state index contributed by atoms with van der Waals surface area (Å²) in [6.45, 7) is 2.80. The Balaban J connectivity index is 2.26. The molecule has 2 aromatic rings. The standard InChI is InChI=1S/C14H18N4O2/c1-4-16-13-8-15-9-14(18-13)17-11-7-10(19-2)5-6-12(11)20-3/h5-9H,4H2,1-3H3,(H2,16,17,18). The van der Waals surface area contributed by atoms with Crippen molar-refractivity contribution < 1.29 is 9.47 Å². The van der Waals surface area contributed by atoms with E-state index in [4.69, 9.17) is 9.47 Å². The van der Waals surface area contributed by atoms with Crippen LogP contribution in [0.5, 0.6) is 11.5 Å². The number of methoxy groups -OCH3 is 2. The van der Waals surface area contributed by atoms with E-state index >= 15 is 0 Å². The summed E-state index contributed by atoms with van der Waals surface area (Å²) >= 11 is 0. The van der Waals surface area contributed by atoms with E-state index < -0.39 is 0 Å². The lowest BCUT2D eigenvalue weighted by molar-refractivity contribution is 0.405. The minimum Gasteiger partial charge on any atom is -0.497 e. The Morgan fingerprint density at radius 2 is 1.90 bits per heavy atom. The molecule has 6 nitrogen and oxygen atoms in total. The van der Waals surface area contributed by atoms with Crippen molar-refractivity contribution in [3.63, 3.8) is 0 Å². The molecule has 0 aliphatic carbocycles. The maximum absolute atomic E-state index is 5.31. The van der Waals surface area contributed by atoms with Crippen LogP contribution in [0.1, 0.15) is 6.92 Å². The molecule has 0 aliphatic heterocycles. The lowest BCUT2D eigenvalue weighted by Crippen LogP contribution is -2.03. The van der Waals surface area contributed by atoms with Crippen molar-refractivity contribution in [2.45, 2.75) is 6.92 Å². The molecule has 0 aliphatic rings. The molecule has 1 aromatic carbocycles. The number of rotatable bonds is 6. The molecular weight excluding hydrogens is 256 g/mol. The molecular formula is C14H18N4O2. The molecule has 0 spiro atoms. The van der Waals surface area contributed by atoms with Crippen LogP contribution in [0, 0.1) is 0 Å². The van der Waals surface area contributed by atoms with E-state index in [-0.39, 0.29) is 0 Å². The Morgan fingerprint density at radius 1 is 1.10 bits per heavy atom. The summed E-state index contributed by atoms with van der Waals surface area (Å²) in [6, 6.07) is 5.52. The van der Waals surface area contributed by atoms with Gasteiger partial charge in [-0.25, -0.2) is 4.98 Å². The van der Waals surface area contributed by atoms with Crippen molar-refractivity contribution in [3.05, 3.63) is 30.6 Å². The van der Waals surface area contributed by atoms with Gasteiger partial charge in [-0.1, -0.05) is 0 Å². The zero-order chi connectivity index (χ0) is 14.4. The quantitative estimate of drug-likeness (QED) is 0.844. The Bertz CT molecular complexity index is 575. The summed E-state index contributed by atoms with van der Waals surface area (Å²) in [7, 11) is 3.24. The van der Waals surface area contributed by atoms with Crippen LogP contribution in [0.3, 0.4) is 0 Å². The summed E-state index contributed by atoms with van der Waals surface area (Å²) in [5.74, 6) is 2.81. The molecule has 0 bridgehead atoms. The van der Waals surface area contributed by atoms with Crippen LogP contribution in [0.2, 0.25) is 0 Å². The maximum atomic E-state index is 5.31. The number of hydrogen-bond acceptors (Lipinski definition) is 6. The molecule has 1 aromatic heterocycles. The molecule has 0 atom stereocenters. The predicted octanol–water partition coefficient (Wildman–Crippen LogP) is 2.67. The summed E-state index contributed by atoms with van der Waals surface area (Å²) in [5, 5.41) is 6.29. The molecule has 2 N–H and O–H groups in total. The molecule has 0 saturated heterocycles. The fraction of sp³-hybridized carbons (Fsp3) is 0.286. The molecule has 6 heteroatoms. The van der Waals surface area contributed by atoms with Crippen LogP contribution in [0.15, 0.2) is 30.6 Å². The van der Waals surface area contributed by atoms with Crippen molar-refractivity contribution in [3.8, 4) is 11.5 Å². The molecule has 20 heavy (non-hydrogen) atoms. The van der Waals surface area contributed by atoms with Gasteiger partial charge in [-0.3, -0.25) is 4.98 Å². The number of benzene rings is 1. The molecule has 0 fully saturated rings. The van der Waals surface area contributed by atoms with Gasteiger partial charge in [-0.15, -0.1) is 0 Å². The Kier molecular flexibility index (Phi) is 4.60.